The topological polar surface area (TPSA) is 91.6 Å². The first kappa shape index (κ1) is 16.4. The Morgan fingerprint density at radius 3 is 1.21 bits per heavy atom. The summed E-state index contributed by atoms with van der Waals surface area (Å²) in [5, 5.41) is 25.9. The molecule has 0 aliphatic rings. The zero-order chi connectivity index (χ0) is 9.94. The lowest BCUT2D eigenvalue weighted by Gasteiger charge is -2.17. The Balaban J connectivity index is 0. The van der Waals surface area contributed by atoms with Gasteiger partial charge in [-0.05, 0) is 0 Å². The average Bonchev–Trinajstić information content (AvgIpc) is 2.17. The lowest BCUT2D eigenvalue weighted by Crippen LogP contribution is -2.28. The summed E-state index contributed by atoms with van der Waals surface area (Å²) < 4.78 is 0. The number of halogens is 1. The summed E-state index contributed by atoms with van der Waals surface area (Å²) in [7, 11) is 0. The van der Waals surface area contributed by atoms with E-state index < -0.39 is 0 Å². The van der Waals surface area contributed by atoms with Gasteiger partial charge in [0.1, 0.15) is 0 Å². The Kier molecular flexibility index (Phi) is 15.3. The number of aliphatic hydroxyl groups excluding tert-OH is 3. The zero-order valence-electron chi connectivity index (χ0n) is 7.66. The van der Waals surface area contributed by atoms with Crippen LogP contribution < -0.4 is 0 Å². The standard InChI is InChI=1S/C6H15NO6.ClH/c8-1-4-11-7(12-5-2-9)13-6-3-10;/h8-10H,1-6H2;1H. The molecule has 0 rings (SSSR count). The summed E-state index contributed by atoms with van der Waals surface area (Å²) in [6, 6.07) is 0. The second-order valence-electron chi connectivity index (χ2n) is 1.89. The van der Waals surface area contributed by atoms with Gasteiger partial charge in [-0.1, -0.05) is 0 Å². The molecule has 0 fully saturated rings. The van der Waals surface area contributed by atoms with E-state index in [1.165, 1.54) is 0 Å². The van der Waals surface area contributed by atoms with Gasteiger partial charge in [-0.15, -0.1) is 12.4 Å². The van der Waals surface area contributed by atoms with E-state index in [1.54, 1.807) is 0 Å². The maximum atomic E-state index is 8.40. The fraction of sp³-hybridized carbons (Fsp3) is 1.00. The summed E-state index contributed by atoms with van der Waals surface area (Å²) in [6.45, 7) is -0.505. The van der Waals surface area contributed by atoms with Crippen LogP contribution in [-0.4, -0.2) is 60.4 Å². The van der Waals surface area contributed by atoms with Crippen LogP contribution in [-0.2, 0) is 14.5 Å². The summed E-state index contributed by atoms with van der Waals surface area (Å²) in [5.74, 6) is 0. The Bertz CT molecular complexity index is 89.3. The fourth-order valence-corrected chi connectivity index (χ4v) is 0.458. The molecule has 14 heavy (non-hydrogen) atoms. The van der Waals surface area contributed by atoms with Crippen LogP contribution in [0.25, 0.3) is 0 Å². The van der Waals surface area contributed by atoms with E-state index in [0.29, 0.717) is 5.39 Å². The molecule has 0 radical (unpaired) electrons. The average molecular weight is 234 g/mol. The summed E-state index contributed by atoms with van der Waals surface area (Å²) in [4.78, 5) is 14.1. The van der Waals surface area contributed by atoms with Crippen molar-refractivity contribution in [1.29, 1.82) is 0 Å². The largest absolute Gasteiger partial charge is 0.394 e. The van der Waals surface area contributed by atoms with E-state index in [4.69, 9.17) is 29.8 Å². The predicted octanol–water partition coefficient (Wildman–Crippen LogP) is -1.52. The maximum absolute atomic E-state index is 8.40. The molecular weight excluding hydrogens is 218 g/mol. The molecule has 7 nitrogen and oxygen atoms in total. The molecule has 8 heteroatoms. The van der Waals surface area contributed by atoms with Gasteiger partial charge in [0.15, 0.2) is 0 Å². The van der Waals surface area contributed by atoms with E-state index in [1.807, 2.05) is 0 Å². The Hall–Kier alpha value is 0.01000. The predicted molar refractivity (Wildman–Crippen MR) is 48.2 cm³/mol. The van der Waals surface area contributed by atoms with Crippen molar-refractivity contribution in [2.45, 2.75) is 0 Å². The van der Waals surface area contributed by atoms with E-state index >= 15 is 0 Å². The van der Waals surface area contributed by atoms with Gasteiger partial charge in [0.05, 0.1) is 45.0 Å². The van der Waals surface area contributed by atoms with Gasteiger partial charge in [0.2, 0.25) is 0 Å². The van der Waals surface area contributed by atoms with Crippen LogP contribution in [0.4, 0.5) is 0 Å². The molecule has 0 heterocycles. The van der Waals surface area contributed by atoms with E-state index in [0.717, 1.165) is 0 Å². The molecule has 88 valence electrons. The highest BCUT2D eigenvalue weighted by atomic mass is 35.5. The quantitative estimate of drug-likeness (QED) is 0.417. The van der Waals surface area contributed by atoms with Crippen LogP contribution in [0, 0.1) is 0 Å². The molecule has 0 unspecified atom stereocenters. The van der Waals surface area contributed by atoms with Crippen molar-refractivity contribution >= 4 is 12.4 Å². The van der Waals surface area contributed by atoms with Gasteiger partial charge in [0.25, 0.3) is 0 Å². The number of rotatable bonds is 9. The van der Waals surface area contributed by atoms with Crippen LogP contribution in [0.2, 0.25) is 0 Å². The monoisotopic (exact) mass is 233 g/mol. The normalized spacial score (nSPS) is 10.3. The van der Waals surface area contributed by atoms with Gasteiger partial charge in [-0.2, -0.15) is 0 Å². The summed E-state index contributed by atoms with van der Waals surface area (Å²) in [6.07, 6.45) is 0. The Morgan fingerprint density at radius 2 is 1.00 bits per heavy atom. The van der Waals surface area contributed by atoms with Crippen molar-refractivity contribution in [3.05, 3.63) is 0 Å². The molecule has 0 amide bonds. The molecule has 0 saturated heterocycles. The third-order valence-electron chi connectivity index (χ3n) is 0.864. The zero-order valence-corrected chi connectivity index (χ0v) is 8.48. The molecule has 0 aromatic heterocycles. The third kappa shape index (κ3) is 10.1. The SMILES string of the molecule is Cl.OCCON(OCCO)OCCO. The minimum absolute atomic E-state index is 0. The van der Waals surface area contributed by atoms with Crippen molar-refractivity contribution < 1.29 is 29.8 Å². The van der Waals surface area contributed by atoms with Crippen molar-refractivity contribution in [2.24, 2.45) is 0 Å². The van der Waals surface area contributed by atoms with Crippen LogP contribution in [0.15, 0.2) is 0 Å². The molecule has 0 saturated carbocycles. The maximum Gasteiger partial charge on any atom is 0.0967 e. The Labute approximate surface area is 88.1 Å². The van der Waals surface area contributed by atoms with Crippen LogP contribution >= 0.6 is 12.4 Å². The highest BCUT2D eigenvalue weighted by molar-refractivity contribution is 5.85. The number of aliphatic hydroxyl groups is 3. The third-order valence-corrected chi connectivity index (χ3v) is 0.864. The highest BCUT2D eigenvalue weighted by Crippen LogP contribution is 1.93. The minimum atomic E-state index is -0.179. The lowest BCUT2D eigenvalue weighted by atomic mass is 10.8. The van der Waals surface area contributed by atoms with Crippen LogP contribution in [0.5, 0.6) is 0 Å². The molecular formula is C6H16ClNO6. The summed E-state index contributed by atoms with van der Waals surface area (Å²) >= 11 is 0. The van der Waals surface area contributed by atoms with Gasteiger partial charge in [0, 0.05) is 0 Å². The lowest BCUT2D eigenvalue weighted by molar-refractivity contribution is -0.527. The first-order chi connectivity index (χ1) is 6.35. The second-order valence-corrected chi connectivity index (χ2v) is 1.89. The van der Waals surface area contributed by atoms with Crippen molar-refractivity contribution in [3.8, 4) is 0 Å². The van der Waals surface area contributed by atoms with Crippen LogP contribution in [0.3, 0.4) is 0 Å². The molecule has 0 bridgehead atoms. The van der Waals surface area contributed by atoms with E-state index in [-0.39, 0.29) is 52.0 Å². The molecule has 0 spiro atoms. The molecule has 0 atom stereocenters. The number of hydrogen-bond donors (Lipinski definition) is 3. The smallest absolute Gasteiger partial charge is 0.0967 e. The van der Waals surface area contributed by atoms with Gasteiger partial charge in [-0.25, -0.2) is 14.5 Å². The first-order valence-electron chi connectivity index (χ1n) is 3.86. The molecule has 0 aromatic carbocycles. The number of nitrogens with zero attached hydrogens (tertiary/aromatic N) is 1. The second kappa shape index (κ2) is 13.0. The number of hydrogen-bond acceptors (Lipinski definition) is 7. The minimum Gasteiger partial charge on any atom is -0.394 e. The van der Waals surface area contributed by atoms with Gasteiger partial charge < -0.3 is 15.3 Å². The Morgan fingerprint density at radius 1 is 0.714 bits per heavy atom. The molecule has 0 aliphatic heterocycles. The highest BCUT2D eigenvalue weighted by Gasteiger charge is 2.05. The van der Waals surface area contributed by atoms with Crippen LogP contribution in [0.1, 0.15) is 0 Å². The van der Waals surface area contributed by atoms with E-state index in [2.05, 4.69) is 0 Å². The molecule has 3 N–H and O–H groups in total. The van der Waals surface area contributed by atoms with Crippen molar-refractivity contribution in [1.82, 2.24) is 5.39 Å². The summed E-state index contributed by atoms with van der Waals surface area (Å²) in [5.41, 5.74) is 0. The van der Waals surface area contributed by atoms with E-state index in [9.17, 15) is 0 Å². The molecule has 0 aromatic rings. The van der Waals surface area contributed by atoms with Gasteiger partial charge >= 0.3 is 0 Å². The molecule has 0 aliphatic carbocycles. The van der Waals surface area contributed by atoms with Gasteiger partial charge in [-0.3, -0.25) is 0 Å². The van der Waals surface area contributed by atoms with Crippen molar-refractivity contribution in [3.63, 3.8) is 0 Å². The first-order valence-corrected chi connectivity index (χ1v) is 3.86. The fourth-order valence-electron chi connectivity index (χ4n) is 0.458. The van der Waals surface area contributed by atoms with Crippen molar-refractivity contribution in [2.75, 3.05) is 39.6 Å².